The molecule has 0 saturated carbocycles. The fourth-order valence-corrected chi connectivity index (χ4v) is 4.70. The molecule has 2 heterocycles. The van der Waals surface area contributed by atoms with E-state index in [4.69, 9.17) is 4.74 Å². The number of aromatic nitrogens is 2. The first-order valence-electron chi connectivity index (χ1n) is 10.1. The second kappa shape index (κ2) is 9.40. The molecule has 3 rings (SSSR count). The van der Waals surface area contributed by atoms with Gasteiger partial charge in [-0.1, -0.05) is 13.8 Å². The normalized spacial score (nSPS) is 11.6. The monoisotopic (exact) mass is 442 g/mol. The Morgan fingerprint density at radius 2 is 1.74 bits per heavy atom. The highest BCUT2D eigenvalue weighted by molar-refractivity contribution is 7.89. The summed E-state index contributed by atoms with van der Waals surface area (Å²) in [6.45, 7) is 8.24. The maximum Gasteiger partial charge on any atom is 0.341 e. The van der Waals surface area contributed by atoms with Gasteiger partial charge in [0, 0.05) is 36.1 Å². The molecule has 3 aromatic rings. The van der Waals surface area contributed by atoms with Crippen molar-refractivity contribution in [2.45, 2.75) is 32.6 Å². The summed E-state index contributed by atoms with van der Waals surface area (Å²) in [4.78, 5) is 21.4. The Morgan fingerprint density at radius 1 is 1.06 bits per heavy atom. The topological polar surface area (TPSA) is 101 Å². The van der Waals surface area contributed by atoms with Crippen LogP contribution in [0.25, 0.3) is 11.0 Å². The summed E-state index contributed by atoms with van der Waals surface area (Å²) in [5.41, 5.74) is 2.71. The quantitative estimate of drug-likeness (QED) is 0.528. The second-order valence-corrected chi connectivity index (χ2v) is 8.77. The van der Waals surface area contributed by atoms with E-state index in [2.05, 4.69) is 15.3 Å². The van der Waals surface area contributed by atoms with Crippen LogP contribution in [-0.4, -0.2) is 48.4 Å². The van der Waals surface area contributed by atoms with Gasteiger partial charge in [-0.25, -0.2) is 23.2 Å². The zero-order valence-electron chi connectivity index (χ0n) is 18.0. The number of hydrogen-bond donors (Lipinski definition) is 1. The van der Waals surface area contributed by atoms with Crippen LogP contribution in [0.2, 0.25) is 0 Å². The highest BCUT2D eigenvalue weighted by Gasteiger charge is 2.22. The van der Waals surface area contributed by atoms with E-state index < -0.39 is 16.0 Å². The predicted octanol–water partition coefficient (Wildman–Crippen LogP) is 3.89. The lowest BCUT2D eigenvalue weighted by Crippen LogP contribution is -2.30. The lowest BCUT2D eigenvalue weighted by molar-refractivity contribution is 0.0527. The maximum absolute atomic E-state index is 12.7. The molecule has 0 aliphatic heterocycles. The maximum atomic E-state index is 12.7. The Hall–Kier alpha value is -3.04. The molecule has 0 fully saturated rings. The summed E-state index contributed by atoms with van der Waals surface area (Å²) in [6, 6.07) is 10.1. The first-order chi connectivity index (χ1) is 14.8. The summed E-state index contributed by atoms with van der Waals surface area (Å²) in [5.74, 6) is -0.499. The van der Waals surface area contributed by atoms with Crippen LogP contribution < -0.4 is 5.32 Å². The zero-order chi connectivity index (χ0) is 22.6. The molecule has 9 heteroatoms. The third-order valence-corrected chi connectivity index (χ3v) is 6.90. The van der Waals surface area contributed by atoms with Gasteiger partial charge in [-0.15, -0.1) is 0 Å². The summed E-state index contributed by atoms with van der Waals surface area (Å²) in [7, 11) is -3.55. The van der Waals surface area contributed by atoms with E-state index in [1.807, 2.05) is 19.1 Å². The summed E-state index contributed by atoms with van der Waals surface area (Å²) in [5, 5.41) is 3.88. The van der Waals surface area contributed by atoms with Crippen LogP contribution in [0, 0.1) is 6.92 Å². The lowest BCUT2D eigenvalue weighted by Gasteiger charge is -2.19. The molecule has 2 aromatic heterocycles. The van der Waals surface area contributed by atoms with E-state index in [0.29, 0.717) is 35.5 Å². The van der Waals surface area contributed by atoms with Crippen molar-refractivity contribution in [3.8, 4) is 0 Å². The van der Waals surface area contributed by atoms with E-state index in [1.54, 1.807) is 45.0 Å². The molecule has 31 heavy (non-hydrogen) atoms. The molecule has 8 nitrogen and oxygen atoms in total. The van der Waals surface area contributed by atoms with Crippen molar-refractivity contribution in [2.75, 3.05) is 25.0 Å². The number of ether oxygens (including phenoxy) is 1. The number of nitrogens with zero attached hydrogens (tertiary/aromatic N) is 3. The zero-order valence-corrected chi connectivity index (χ0v) is 18.9. The number of nitrogens with one attached hydrogen (secondary N) is 1. The van der Waals surface area contributed by atoms with Gasteiger partial charge in [0.2, 0.25) is 10.0 Å². The number of esters is 1. The van der Waals surface area contributed by atoms with Crippen molar-refractivity contribution in [3.05, 3.63) is 53.9 Å². The number of hydrogen-bond acceptors (Lipinski definition) is 7. The van der Waals surface area contributed by atoms with Crippen LogP contribution in [0.15, 0.2) is 47.5 Å². The third kappa shape index (κ3) is 4.67. The Morgan fingerprint density at radius 3 is 2.35 bits per heavy atom. The molecular formula is C22H26N4O4S. The molecule has 0 aliphatic rings. The number of sulfonamides is 1. The molecule has 0 radical (unpaired) electrons. The average molecular weight is 443 g/mol. The fourth-order valence-electron chi connectivity index (χ4n) is 3.24. The van der Waals surface area contributed by atoms with Crippen molar-refractivity contribution in [2.24, 2.45) is 0 Å². The fraction of sp³-hybridized carbons (Fsp3) is 0.318. The molecule has 0 saturated heterocycles. The van der Waals surface area contributed by atoms with Crippen LogP contribution >= 0.6 is 0 Å². The Balaban J connectivity index is 2.02. The summed E-state index contributed by atoms with van der Waals surface area (Å²) < 4.78 is 32.0. The van der Waals surface area contributed by atoms with Crippen molar-refractivity contribution >= 4 is 38.4 Å². The van der Waals surface area contributed by atoms with Crippen LogP contribution in [-0.2, 0) is 14.8 Å². The van der Waals surface area contributed by atoms with Crippen LogP contribution in [0.4, 0.5) is 11.4 Å². The molecule has 0 bridgehead atoms. The number of anilines is 2. The van der Waals surface area contributed by atoms with Crippen molar-refractivity contribution in [1.82, 2.24) is 14.3 Å². The van der Waals surface area contributed by atoms with E-state index in [-0.39, 0.29) is 17.1 Å². The molecule has 1 N–H and O–H groups in total. The highest BCUT2D eigenvalue weighted by Crippen LogP contribution is 2.30. The van der Waals surface area contributed by atoms with Gasteiger partial charge in [0.05, 0.1) is 17.2 Å². The number of carbonyl (C=O) groups is 1. The minimum absolute atomic E-state index is 0.212. The van der Waals surface area contributed by atoms with Crippen LogP contribution in [0.5, 0.6) is 0 Å². The summed E-state index contributed by atoms with van der Waals surface area (Å²) >= 11 is 0. The number of aryl methyl sites for hydroxylation is 1. The number of carbonyl (C=O) groups excluding carboxylic acids is 1. The summed E-state index contributed by atoms with van der Waals surface area (Å²) in [6.07, 6.45) is 1.44. The number of pyridine rings is 2. The number of rotatable bonds is 8. The van der Waals surface area contributed by atoms with Gasteiger partial charge in [-0.05, 0) is 50.2 Å². The van der Waals surface area contributed by atoms with E-state index >= 15 is 0 Å². The molecule has 164 valence electrons. The first kappa shape index (κ1) is 22.6. The molecule has 0 spiro atoms. The minimum Gasteiger partial charge on any atom is -0.462 e. The van der Waals surface area contributed by atoms with Gasteiger partial charge in [0.25, 0.3) is 0 Å². The first-order valence-corrected chi connectivity index (χ1v) is 11.6. The van der Waals surface area contributed by atoms with Gasteiger partial charge in [-0.2, -0.15) is 4.31 Å². The molecule has 0 amide bonds. The molecule has 1 aromatic carbocycles. The standard InChI is InChI=1S/C22H26N4O4S/c1-5-26(6-2)31(28,29)17-11-9-16(10-12-17)25-20-18-13-8-15(4)24-21(18)23-14-19(20)22(27)30-7-3/h8-14H,5-7H2,1-4H3,(H,23,24,25). The minimum atomic E-state index is -3.55. The second-order valence-electron chi connectivity index (χ2n) is 6.83. The number of benzene rings is 1. The van der Waals surface area contributed by atoms with Gasteiger partial charge in [-0.3, -0.25) is 0 Å². The number of fused-ring (bicyclic) bond motifs is 1. The average Bonchev–Trinajstić information content (AvgIpc) is 2.75. The van der Waals surface area contributed by atoms with Gasteiger partial charge < -0.3 is 10.1 Å². The Kier molecular flexibility index (Phi) is 6.87. The highest BCUT2D eigenvalue weighted by atomic mass is 32.2. The van der Waals surface area contributed by atoms with E-state index in [0.717, 1.165) is 5.69 Å². The van der Waals surface area contributed by atoms with Crippen LogP contribution in [0.3, 0.4) is 0 Å². The van der Waals surface area contributed by atoms with E-state index in [1.165, 1.54) is 10.5 Å². The SMILES string of the molecule is CCOC(=O)c1cnc2nc(C)ccc2c1Nc1ccc(S(=O)(=O)N(CC)CC)cc1. The molecule has 0 atom stereocenters. The Bertz CT molecular complexity index is 1190. The van der Waals surface area contributed by atoms with E-state index in [9.17, 15) is 13.2 Å². The predicted molar refractivity (Wildman–Crippen MR) is 120 cm³/mol. The Labute approximate surface area is 182 Å². The largest absolute Gasteiger partial charge is 0.462 e. The lowest BCUT2D eigenvalue weighted by atomic mass is 10.1. The molecule has 0 unspecified atom stereocenters. The van der Waals surface area contributed by atoms with Gasteiger partial charge in [0.1, 0.15) is 5.56 Å². The third-order valence-electron chi connectivity index (χ3n) is 4.83. The van der Waals surface area contributed by atoms with Crippen molar-refractivity contribution in [1.29, 1.82) is 0 Å². The van der Waals surface area contributed by atoms with Gasteiger partial charge >= 0.3 is 5.97 Å². The van der Waals surface area contributed by atoms with Gasteiger partial charge in [0.15, 0.2) is 5.65 Å². The smallest absolute Gasteiger partial charge is 0.341 e. The van der Waals surface area contributed by atoms with Crippen LogP contribution in [0.1, 0.15) is 36.8 Å². The molecular weight excluding hydrogens is 416 g/mol. The van der Waals surface area contributed by atoms with Crippen molar-refractivity contribution < 1.29 is 17.9 Å². The molecule has 0 aliphatic carbocycles. The van der Waals surface area contributed by atoms with Crippen molar-refractivity contribution in [3.63, 3.8) is 0 Å².